The molecule has 1 saturated heterocycles. The van der Waals surface area contributed by atoms with Crippen LogP contribution in [0.1, 0.15) is 0 Å². The first-order chi connectivity index (χ1) is 6.84. The largest absolute Gasteiger partial charge is 0.380 e. The maximum absolute atomic E-state index is 3.05. The third kappa shape index (κ3) is 2.59. The summed E-state index contributed by atoms with van der Waals surface area (Å²) in [5, 5.41) is 3.05. The fraction of sp³-hybridized carbons (Fsp3) is 0.636. The molecule has 0 saturated carbocycles. The fourth-order valence-electron chi connectivity index (χ4n) is 1.82. The summed E-state index contributed by atoms with van der Waals surface area (Å²) in [5.41, 5.74) is 1.40. The zero-order chi connectivity index (χ0) is 9.80. The molecular weight excluding hydrogens is 174 g/mol. The summed E-state index contributed by atoms with van der Waals surface area (Å²) in [7, 11) is 2.19. The smallest absolute Gasteiger partial charge is 0.0581 e. The van der Waals surface area contributed by atoms with Gasteiger partial charge in [0.2, 0.25) is 0 Å². The summed E-state index contributed by atoms with van der Waals surface area (Å²) >= 11 is 0. The summed E-state index contributed by atoms with van der Waals surface area (Å²) in [6.45, 7) is 6.78. The molecule has 1 N–H and O–H groups in total. The van der Waals surface area contributed by atoms with Crippen molar-refractivity contribution in [2.24, 2.45) is 0 Å². The van der Waals surface area contributed by atoms with Gasteiger partial charge in [-0.05, 0) is 18.7 Å². The molecule has 0 amide bonds. The van der Waals surface area contributed by atoms with Crippen LogP contribution in [0.4, 0.5) is 0 Å². The second kappa shape index (κ2) is 4.62. The minimum absolute atomic E-state index is 0.930. The van der Waals surface area contributed by atoms with Crippen LogP contribution >= 0.6 is 0 Å². The zero-order valence-electron chi connectivity index (χ0n) is 8.79. The highest BCUT2D eigenvalue weighted by molar-refractivity contribution is 5.21. The quantitative estimate of drug-likeness (QED) is 0.668. The molecule has 1 radical (unpaired) electrons. The zero-order valence-corrected chi connectivity index (χ0v) is 8.79. The molecule has 0 atom stereocenters. The second-order valence-electron chi connectivity index (χ2n) is 4.03. The van der Waals surface area contributed by atoms with E-state index in [-0.39, 0.29) is 0 Å². The Morgan fingerprint density at radius 1 is 1.36 bits per heavy atom. The lowest BCUT2D eigenvalue weighted by atomic mass is 10.2. The van der Waals surface area contributed by atoms with E-state index >= 15 is 0 Å². The van der Waals surface area contributed by atoms with Crippen LogP contribution in [0.5, 0.6) is 0 Å². The van der Waals surface area contributed by atoms with Crippen molar-refractivity contribution in [2.45, 2.75) is 0 Å². The van der Waals surface area contributed by atoms with Gasteiger partial charge in [0.25, 0.3) is 0 Å². The molecule has 77 valence electrons. The van der Waals surface area contributed by atoms with Gasteiger partial charge in [-0.2, -0.15) is 0 Å². The van der Waals surface area contributed by atoms with Crippen molar-refractivity contribution in [3.8, 4) is 0 Å². The van der Waals surface area contributed by atoms with Crippen molar-refractivity contribution in [3.05, 3.63) is 23.9 Å². The topological polar surface area (TPSA) is 18.5 Å². The van der Waals surface area contributed by atoms with Gasteiger partial charge in [0.05, 0.1) is 6.20 Å². The number of nitrogens with zero attached hydrogens (tertiary/aromatic N) is 2. The van der Waals surface area contributed by atoms with Crippen LogP contribution in [0.2, 0.25) is 0 Å². The van der Waals surface area contributed by atoms with Gasteiger partial charge >= 0.3 is 0 Å². The predicted molar refractivity (Wildman–Crippen MR) is 57.8 cm³/mol. The molecule has 0 aromatic heterocycles. The molecular formula is C11H18N3. The predicted octanol–water partition coefficient (Wildman–Crippen LogP) is 0.0803. The van der Waals surface area contributed by atoms with Crippen molar-refractivity contribution < 1.29 is 0 Å². The summed E-state index contributed by atoms with van der Waals surface area (Å²) in [4.78, 5) is 4.89. The van der Waals surface area contributed by atoms with Crippen LogP contribution in [0, 0.1) is 6.20 Å². The van der Waals surface area contributed by atoms with E-state index in [0.29, 0.717) is 0 Å². The molecule has 1 fully saturated rings. The van der Waals surface area contributed by atoms with Crippen molar-refractivity contribution in [2.75, 3.05) is 46.3 Å². The number of likely N-dealkylation sites (N-methyl/N-ethyl adjacent to an activating group) is 1. The van der Waals surface area contributed by atoms with Gasteiger partial charge in [0.1, 0.15) is 0 Å². The van der Waals surface area contributed by atoms with Crippen molar-refractivity contribution in [1.29, 1.82) is 0 Å². The monoisotopic (exact) mass is 192 g/mol. The van der Waals surface area contributed by atoms with Gasteiger partial charge in [0.15, 0.2) is 0 Å². The molecule has 2 aliphatic heterocycles. The molecule has 0 aliphatic carbocycles. The highest BCUT2D eigenvalue weighted by Crippen LogP contribution is 2.06. The SMILES string of the molecule is CN1CCN(CC2=CCN[C]=C2)CC1. The van der Waals surface area contributed by atoms with E-state index in [1.54, 1.807) is 0 Å². The maximum Gasteiger partial charge on any atom is 0.0581 e. The third-order valence-electron chi connectivity index (χ3n) is 2.83. The number of rotatable bonds is 2. The summed E-state index contributed by atoms with van der Waals surface area (Å²) in [5.74, 6) is 0. The number of dihydropyridines is 1. The van der Waals surface area contributed by atoms with Gasteiger partial charge in [-0.3, -0.25) is 4.90 Å². The van der Waals surface area contributed by atoms with E-state index in [1.807, 2.05) is 0 Å². The highest BCUT2D eigenvalue weighted by atomic mass is 15.2. The van der Waals surface area contributed by atoms with Crippen molar-refractivity contribution in [1.82, 2.24) is 15.1 Å². The Kier molecular flexibility index (Phi) is 3.22. The van der Waals surface area contributed by atoms with Gasteiger partial charge in [-0.15, -0.1) is 0 Å². The first-order valence-corrected chi connectivity index (χ1v) is 5.26. The van der Waals surface area contributed by atoms with Crippen molar-refractivity contribution in [3.63, 3.8) is 0 Å². The van der Waals surface area contributed by atoms with Crippen molar-refractivity contribution >= 4 is 0 Å². The number of hydrogen-bond donors (Lipinski definition) is 1. The summed E-state index contributed by atoms with van der Waals surface area (Å²) in [6, 6.07) is 0. The van der Waals surface area contributed by atoms with Gasteiger partial charge in [0, 0.05) is 39.3 Å². The molecule has 14 heavy (non-hydrogen) atoms. The van der Waals surface area contributed by atoms with Gasteiger partial charge < -0.3 is 10.2 Å². The highest BCUT2D eigenvalue weighted by Gasteiger charge is 2.14. The first-order valence-electron chi connectivity index (χ1n) is 5.26. The Morgan fingerprint density at radius 2 is 2.14 bits per heavy atom. The number of piperazine rings is 1. The van der Waals surface area contributed by atoms with Crippen LogP contribution < -0.4 is 5.32 Å². The minimum Gasteiger partial charge on any atom is -0.380 e. The molecule has 0 aromatic carbocycles. The molecule has 3 heteroatoms. The number of hydrogen-bond acceptors (Lipinski definition) is 3. The van der Waals surface area contributed by atoms with Crippen LogP contribution in [0.3, 0.4) is 0 Å². The lowest BCUT2D eigenvalue weighted by Crippen LogP contribution is -2.45. The van der Waals surface area contributed by atoms with E-state index in [0.717, 1.165) is 13.1 Å². The molecule has 2 rings (SSSR count). The van der Waals surface area contributed by atoms with Crippen LogP contribution in [0.15, 0.2) is 17.7 Å². The van der Waals surface area contributed by atoms with Gasteiger partial charge in [-0.1, -0.05) is 6.08 Å². The first kappa shape index (κ1) is 9.74. The standard InChI is InChI=1S/C11H18N3/c1-13-6-8-14(9-7-13)10-11-2-4-12-5-3-11/h2-3,12H,4,6-10H2,1H3. The molecule has 0 aromatic rings. The molecule has 0 unspecified atom stereocenters. The van der Waals surface area contributed by atoms with Gasteiger partial charge in [-0.25, -0.2) is 0 Å². The second-order valence-corrected chi connectivity index (χ2v) is 4.03. The van der Waals surface area contributed by atoms with E-state index in [9.17, 15) is 0 Å². The minimum atomic E-state index is 0.930. The fourth-order valence-corrected chi connectivity index (χ4v) is 1.82. The Balaban J connectivity index is 1.80. The lowest BCUT2D eigenvalue weighted by molar-refractivity contribution is 0.164. The normalized spacial score (nSPS) is 24.5. The van der Waals surface area contributed by atoms with E-state index in [4.69, 9.17) is 0 Å². The molecule has 0 spiro atoms. The van der Waals surface area contributed by atoms with E-state index in [1.165, 1.54) is 31.8 Å². The average Bonchev–Trinajstić information content (AvgIpc) is 2.23. The van der Waals surface area contributed by atoms with Crippen LogP contribution in [0.25, 0.3) is 0 Å². The Labute approximate surface area is 86.1 Å². The van der Waals surface area contributed by atoms with E-state index in [2.05, 4.69) is 40.5 Å². The molecule has 2 heterocycles. The van der Waals surface area contributed by atoms with Crippen LogP contribution in [-0.4, -0.2) is 56.1 Å². The Bertz CT molecular complexity index is 237. The Morgan fingerprint density at radius 3 is 2.79 bits per heavy atom. The molecule has 3 nitrogen and oxygen atoms in total. The molecule has 2 aliphatic rings. The van der Waals surface area contributed by atoms with E-state index < -0.39 is 0 Å². The summed E-state index contributed by atoms with van der Waals surface area (Å²) in [6.07, 6.45) is 7.36. The van der Waals surface area contributed by atoms with Crippen LogP contribution in [-0.2, 0) is 0 Å². The average molecular weight is 192 g/mol. The lowest BCUT2D eigenvalue weighted by Gasteiger charge is -2.32. The third-order valence-corrected chi connectivity index (χ3v) is 2.83. The molecule has 0 bridgehead atoms. The Hall–Kier alpha value is -0.800. The number of nitrogens with one attached hydrogen (secondary N) is 1. The maximum atomic E-state index is 3.05. The summed E-state index contributed by atoms with van der Waals surface area (Å²) < 4.78 is 0.